The van der Waals surface area contributed by atoms with Gasteiger partial charge in [-0.3, -0.25) is 9.48 Å². The quantitative estimate of drug-likeness (QED) is 0.789. The van der Waals surface area contributed by atoms with Gasteiger partial charge in [-0.25, -0.2) is 0 Å². The first kappa shape index (κ1) is 17.0. The van der Waals surface area contributed by atoms with E-state index in [1.165, 1.54) is 0 Å². The van der Waals surface area contributed by atoms with Gasteiger partial charge in [0.05, 0.1) is 11.8 Å². The van der Waals surface area contributed by atoms with Crippen LogP contribution in [-0.4, -0.2) is 58.5 Å². The van der Waals surface area contributed by atoms with Crippen LogP contribution in [0.1, 0.15) is 42.2 Å². The van der Waals surface area contributed by atoms with Gasteiger partial charge < -0.3 is 15.3 Å². The van der Waals surface area contributed by atoms with Gasteiger partial charge in [0, 0.05) is 38.5 Å². The van der Waals surface area contributed by atoms with Gasteiger partial charge in [-0.1, -0.05) is 6.92 Å². The number of amides is 1. The minimum atomic E-state index is -0.0458. The fourth-order valence-electron chi connectivity index (χ4n) is 3.03. The number of carbonyl (C=O) groups excluding carboxylic acids is 1. The van der Waals surface area contributed by atoms with Gasteiger partial charge in [-0.05, 0) is 38.6 Å². The first-order chi connectivity index (χ1) is 10.7. The molecule has 22 heavy (non-hydrogen) atoms. The summed E-state index contributed by atoms with van der Waals surface area (Å²) < 4.78 is 1.88. The fourth-order valence-corrected chi connectivity index (χ4v) is 3.03. The SMILES string of the molecule is CCCn1ncc(C(=O)NCCN2CCCC(CO)C2)c1C. The highest BCUT2D eigenvalue weighted by Gasteiger charge is 2.19. The lowest BCUT2D eigenvalue weighted by molar-refractivity contribution is 0.0930. The Morgan fingerprint density at radius 1 is 1.50 bits per heavy atom. The highest BCUT2D eigenvalue weighted by molar-refractivity contribution is 5.95. The molecule has 2 N–H and O–H groups in total. The van der Waals surface area contributed by atoms with Gasteiger partial charge >= 0.3 is 0 Å². The number of rotatable bonds is 7. The van der Waals surface area contributed by atoms with Gasteiger partial charge in [0.2, 0.25) is 0 Å². The predicted octanol–water partition coefficient (Wildman–Crippen LogP) is 1.04. The molecule has 2 heterocycles. The van der Waals surface area contributed by atoms with E-state index < -0.39 is 0 Å². The molecular formula is C16H28N4O2. The second-order valence-corrected chi connectivity index (χ2v) is 6.11. The Hall–Kier alpha value is -1.40. The molecule has 0 radical (unpaired) electrons. The van der Waals surface area contributed by atoms with E-state index in [1.807, 2.05) is 11.6 Å². The summed E-state index contributed by atoms with van der Waals surface area (Å²) in [6.07, 6.45) is 4.89. The molecule has 1 aromatic heterocycles. The number of carbonyl (C=O) groups is 1. The van der Waals surface area contributed by atoms with Crippen LogP contribution in [0.5, 0.6) is 0 Å². The Balaban J connectivity index is 1.78. The van der Waals surface area contributed by atoms with Crippen molar-refractivity contribution in [3.63, 3.8) is 0 Å². The van der Waals surface area contributed by atoms with E-state index in [0.29, 0.717) is 18.0 Å². The van der Waals surface area contributed by atoms with Crippen molar-refractivity contribution < 1.29 is 9.90 Å². The van der Waals surface area contributed by atoms with Crippen molar-refractivity contribution >= 4 is 5.91 Å². The number of hydrogen-bond donors (Lipinski definition) is 2. The third kappa shape index (κ3) is 4.30. The summed E-state index contributed by atoms with van der Waals surface area (Å²) in [7, 11) is 0. The minimum Gasteiger partial charge on any atom is -0.396 e. The standard InChI is InChI=1S/C16H28N4O2/c1-3-7-20-13(2)15(10-18-20)16(22)17-6-9-19-8-4-5-14(11-19)12-21/h10,14,21H,3-9,11-12H2,1-2H3,(H,17,22). The van der Waals surface area contributed by atoms with Gasteiger partial charge in [0.25, 0.3) is 5.91 Å². The smallest absolute Gasteiger partial charge is 0.254 e. The van der Waals surface area contributed by atoms with Gasteiger partial charge in [0.1, 0.15) is 0 Å². The molecular weight excluding hydrogens is 280 g/mol. The molecule has 0 aromatic carbocycles. The maximum atomic E-state index is 12.2. The molecule has 6 heteroatoms. The third-order valence-corrected chi connectivity index (χ3v) is 4.36. The third-order valence-electron chi connectivity index (χ3n) is 4.36. The van der Waals surface area contributed by atoms with Crippen molar-refractivity contribution in [2.24, 2.45) is 5.92 Å². The van der Waals surface area contributed by atoms with Gasteiger partial charge in [0.15, 0.2) is 0 Å². The number of aromatic nitrogens is 2. The molecule has 1 aromatic rings. The van der Waals surface area contributed by atoms with Crippen molar-refractivity contribution in [2.75, 3.05) is 32.8 Å². The summed E-state index contributed by atoms with van der Waals surface area (Å²) in [6, 6.07) is 0. The molecule has 1 aliphatic heterocycles. The van der Waals surface area contributed by atoms with Crippen LogP contribution in [0.25, 0.3) is 0 Å². The van der Waals surface area contributed by atoms with Crippen molar-refractivity contribution in [3.05, 3.63) is 17.5 Å². The second-order valence-electron chi connectivity index (χ2n) is 6.11. The average Bonchev–Trinajstić information content (AvgIpc) is 2.89. The Morgan fingerprint density at radius 2 is 2.32 bits per heavy atom. The number of nitrogens with zero attached hydrogens (tertiary/aromatic N) is 3. The van der Waals surface area contributed by atoms with E-state index in [0.717, 1.165) is 51.1 Å². The summed E-state index contributed by atoms with van der Waals surface area (Å²) in [4.78, 5) is 14.5. The summed E-state index contributed by atoms with van der Waals surface area (Å²) >= 11 is 0. The lowest BCUT2D eigenvalue weighted by atomic mass is 9.99. The number of aliphatic hydroxyl groups excluding tert-OH is 1. The molecule has 1 atom stereocenters. The normalized spacial score (nSPS) is 19.3. The zero-order valence-electron chi connectivity index (χ0n) is 13.7. The highest BCUT2D eigenvalue weighted by Crippen LogP contribution is 2.15. The number of hydrogen-bond acceptors (Lipinski definition) is 4. The minimum absolute atomic E-state index is 0.0458. The fraction of sp³-hybridized carbons (Fsp3) is 0.750. The second kappa shape index (κ2) is 8.29. The number of aryl methyl sites for hydroxylation is 1. The predicted molar refractivity (Wildman–Crippen MR) is 85.8 cm³/mol. The maximum Gasteiger partial charge on any atom is 0.254 e. The van der Waals surface area contributed by atoms with E-state index in [2.05, 4.69) is 22.2 Å². The van der Waals surface area contributed by atoms with Gasteiger partial charge in [-0.15, -0.1) is 0 Å². The number of aliphatic hydroxyl groups is 1. The maximum absolute atomic E-state index is 12.2. The Bertz CT molecular complexity index is 486. The van der Waals surface area contributed by atoms with Crippen LogP contribution in [0.3, 0.4) is 0 Å². The van der Waals surface area contributed by atoms with Crippen LogP contribution in [-0.2, 0) is 6.54 Å². The van der Waals surface area contributed by atoms with E-state index >= 15 is 0 Å². The molecule has 1 saturated heterocycles. The molecule has 0 aliphatic carbocycles. The van der Waals surface area contributed by atoms with Crippen molar-refractivity contribution in [1.29, 1.82) is 0 Å². The first-order valence-electron chi connectivity index (χ1n) is 8.29. The van der Waals surface area contributed by atoms with E-state index in [9.17, 15) is 9.90 Å². The summed E-state index contributed by atoms with van der Waals surface area (Å²) in [6.45, 7) is 8.60. The molecule has 0 spiro atoms. The molecule has 0 bridgehead atoms. The van der Waals surface area contributed by atoms with Crippen LogP contribution in [0.2, 0.25) is 0 Å². The van der Waals surface area contributed by atoms with Crippen LogP contribution in [0.4, 0.5) is 0 Å². The van der Waals surface area contributed by atoms with Gasteiger partial charge in [-0.2, -0.15) is 5.10 Å². The van der Waals surface area contributed by atoms with E-state index in [1.54, 1.807) is 6.20 Å². The van der Waals surface area contributed by atoms with E-state index in [-0.39, 0.29) is 12.5 Å². The largest absolute Gasteiger partial charge is 0.396 e. The zero-order chi connectivity index (χ0) is 15.9. The summed E-state index contributed by atoms with van der Waals surface area (Å²) in [5, 5.41) is 16.5. The number of likely N-dealkylation sites (tertiary alicyclic amines) is 1. The average molecular weight is 308 g/mol. The molecule has 124 valence electrons. The van der Waals surface area contributed by atoms with Crippen LogP contribution < -0.4 is 5.32 Å². The van der Waals surface area contributed by atoms with Crippen molar-refractivity contribution in [2.45, 2.75) is 39.7 Å². The van der Waals surface area contributed by atoms with Crippen molar-refractivity contribution in [1.82, 2.24) is 20.0 Å². The molecule has 1 fully saturated rings. The van der Waals surface area contributed by atoms with Crippen LogP contribution in [0, 0.1) is 12.8 Å². The topological polar surface area (TPSA) is 70.4 Å². The molecule has 0 saturated carbocycles. The zero-order valence-corrected chi connectivity index (χ0v) is 13.7. The Morgan fingerprint density at radius 3 is 3.05 bits per heavy atom. The molecule has 6 nitrogen and oxygen atoms in total. The summed E-state index contributed by atoms with van der Waals surface area (Å²) in [5.74, 6) is 0.342. The monoisotopic (exact) mass is 308 g/mol. The van der Waals surface area contributed by atoms with E-state index in [4.69, 9.17) is 0 Å². The molecule has 1 aliphatic rings. The van der Waals surface area contributed by atoms with Crippen molar-refractivity contribution in [3.8, 4) is 0 Å². The summed E-state index contributed by atoms with van der Waals surface area (Å²) in [5.41, 5.74) is 1.60. The van der Waals surface area contributed by atoms with Crippen LogP contribution >= 0.6 is 0 Å². The highest BCUT2D eigenvalue weighted by atomic mass is 16.3. The molecule has 1 unspecified atom stereocenters. The Labute approximate surface area is 132 Å². The number of nitrogens with one attached hydrogen (secondary N) is 1. The Kier molecular flexibility index (Phi) is 6.39. The van der Waals surface area contributed by atoms with Crippen LogP contribution in [0.15, 0.2) is 6.20 Å². The molecule has 2 rings (SSSR count). The lowest BCUT2D eigenvalue weighted by Crippen LogP contribution is -2.41. The number of piperidine rings is 1. The first-order valence-corrected chi connectivity index (χ1v) is 8.29. The lowest BCUT2D eigenvalue weighted by Gasteiger charge is -2.31. The molecule has 1 amide bonds.